The number of sulfonamides is 1. The van der Waals surface area contributed by atoms with Crippen molar-refractivity contribution in [1.82, 2.24) is 4.72 Å². The average molecular weight is 390 g/mol. The number of aryl methyl sites for hydroxylation is 1. The van der Waals surface area contributed by atoms with Crippen molar-refractivity contribution in [2.45, 2.75) is 25.2 Å². The van der Waals surface area contributed by atoms with E-state index in [2.05, 4.69) is 10.0 Å². The maximum absolute atomic E-state index is 12.2. The number of rotatable bonds is 8. The molecule has 2 N–H and O–H groups in total. The van der Waals surface area contributed by atoms with Crippen molar-refractivity contribution >= 4 is 27.6 Å². The second-order valence-corrected chi connectivity index (χ2v) is 7.57. The van der Waals surface area contributed by atoms with Gasteiger partial charge in [0, 0.05) is 18.7 Å². The second-order valence-electron chi connectivity index (χ2n) is 5.81. The molecule has 0 unspecified atom stereocenters. The highest BCUT2D eigenvalue weighted by molar-refractivity contribution is 7.89. The van der Waals surface area contributed by atoms with Gasteiger partial charge in [0.2, 0.25) is 15.9 Å². The lowest BCUT2D eigenvalue weighted by molar-refractivity contribution is -0.116. The summed E-state index contributed by atoms with van der Waals surface area (Å²) < 4.78 is 31.6. The molecule has 8 heteroatoms. The third kappa shape index (κ3) is 6.19. The zero-order chi connectivity index (χ0) is 19.9. The van der Waals surface area contributed by atoms with Gasteiger partial charge in [0.15, 0.2) is 0 Å². The monoisotopic (exact) mass is 390 g/mol. The van der Waals surface area contributed by atoms with Crippen molar-refractivity contribution in [2.24, 2.45) is 0 Å². The number of carbonyl (C=O) groups excluding carboxylic acids is 2. The van der Waals surface area contributed by atoms with Crippen LogP contribution in [0.2, 0.25) is 0 Å². The van der Waals surface area contributed by atoms with Crippen LogP contribution in [0, 0.1) is 6.92 Å². The summed E-state index contributed by atoms with van der Waals surface area (Å²) in [6.45, 7) is 3.85. The quantitative estimate of drug-likeness (QED) is 0.674. The minimum absolute atomic E-state index is 0.0231. The standard InChI is InChI=1S/C19H22N2O5S/c1-3-26-19(23)15-6-8-16(9-7-15)21-18(22)12-13-20-27(24,25)17-10-4-14(2)5-11-17/h4-11,20H,3,12-13H2,1-2H3,(H,21,22). The summed E-state index contributed by atoms with van der Waals surface area (Å²) in [7, 11) is -3.65. The molecule has 0 heterocycles. The number of benzene rings is 2. The molecule has 2 rings (SSSR count). The Kier molecular flexibility index (Phi) is 7.09. The fourth-order valence-corrected chi connectivity index (χ4v) is 3.26. The Hall–Kier alpha value is -2.71. The van der Waals surface area contributed by atoms with Crippen LogP contribution >= 0.6 is 0 Å². The minimum atomic E-state index is -3.65. The second kappa shape index (κ2) is 9.29. The molecule has 0 saturated heterocycles. The maximum Gasteiger partial charge on any atom is 0.338 e. The highest BCUT2D eigenvalue weighted by Crippen LogP contribution is 2.12. The number of hydrogen-bond acceptors (Lipinski definition) is 5. The molecule has 0 atom stereocenters. The van der Waals surface area contributed by atoms with Gasteiger partial charge in [-0.3, -0.25) is 4.79 Å². The molecular weight excluding hydrogens is 368 g/mol. The molecule has 7 nitrogen and oxygen atoms in total. The van der Waals surface area contributed by atoms with E-state index in [1.165, 1.54) is 12.1 Å². The van der Waals surface area contributed by atoms with Gasteiger partial charge in [0.25, 0.3) is 0 Å². The molecule has 0 fully saturated rings. The number of amides is 1. The lowest BCUT2D eigenvalue weighted by Gasteiger charge is -2.08. The summed E-state index contributed by atoms with van der Waals surface area (Å²) in [5.41, 5.74) is 1.86. The first-order chi connectivity index (χ1) is 12.8. The van der Waals surface area contributed by atoms with Gasteiger partial charge >= 0.3 is 5.97 Å². The van der Waals surface area contributed by atoms with Crippen LogP contribution in [0.3, 0.4) is 0 Å². The van der Waals surface area contributed by atoms with Crippen LogP contribution in [0.4, 0.5) is 5.69 Å². The molecule has 2 aromatic carbocycles. The maximum atomic E-state index is 12.2. The predicted octanol–water partition coefficient (Wildman–Crippen LogP) is 2.48. The number of hydrogen-bond donors (Lipinski definition) is 2. The van der Waals surface area contributed by atoms with E-state index in [9.17, 15) is 18.0 Å². The SMILES string of the molecule is CCOC(=O)c1ccc(NC(=O)CCNS(=O)(=O)c2ccc(C)cc2)cc1. The van der Waals surface area contributed by atoms with E-state index in [4.69, 9.17) is 4.74 Å². The van der Waals surface area contributed by atoms with Crippen molar-refractivity contribution in [3.8, 4) is 0 Å². The van der Waals surface area contributed by atoms with Gasteiger partial charge in [-0.1, -0.05) is 17.7 Å². The van der Waals surface area contributed by atoms with E-state index in [1.54, 1.807) is 43.3 Å². The summed E-state index contributed by atoms with van der Waals surface area (Å²) >= 11 is 0. The molecule has 0 saturated carbocycles. The zero-order valence-corrected chi connectivity index (χ0v) is 16.0. The largest absolute Gasteiger partial charge is 0.462 e. The predicted molar refractivity (Wildman–Crippen MR) is 102 cm³/mol. The first kappa shape index (κ1) is 20.6. The molecule has 0 aromatic heterocycles. The molecule has 144 valence electrons. The summed E-state index contributed by atoms with van der Waals surface area (Å²) in [4.78, 5) is 23.7. The minimum Gasteiger partial charge on any atom is -0.462 e. The first-order valence-corrected chi connectivity index (χ1v) is 9.93. The average Bonchev–Trinajstić information content (AvgIpc) is 2.62. The van der Waals surface area contributed by atoms with Crippen molar-refractivity contribution in [1.29, 1.82) is 0 Å². The topological polar surface area (TPSA) is 102 Å². The van der Waals surface area contributed by atoms with Crippen LogP contribution in [0.5, 0.6) is 0 Å². The highest BCUT2D eigenvalue weighted by atomic mass is 32.2. The molecule has 0 aliphatic heterocycles. The first-order valence-electron chi connectivity index (χ1n) is 8.45. The van der Waals surface area contributed by atoms with E-state index in [1.807, 2.05) is 6.92 Å². The third-order valence-corrected chi connectivity index (χ3v) is 5.13. The lowest BCUT2D eigenvalue weighted by Crippen LogP contribution is -2.27. The summed E-state index contributed by atoms with van der Waals surface area (Å²) in [5, 5.41) is 2.65. The smallest absolute Gasteiger partial charge is 0.338 e. The Morgan fingerprint density at radius 2 is 1.63 bits per heavy atom. The van der Waals surface area contributed by atoms with E-state index >= 15 is 0 Å². The summed E-state index contributed by atoms with van der Waals surface area (Å²) in [6, 6.07) is 12.7. The van der Waals surface area contributed by atoms with E-state index in [0.717, 1.165) is 5.56 Å². The van der Waals surface area contributed by atoms with Crippen molar-refractivity contribution in [3.63, 3.8) is 0 Å². The lowest BCUT2D eigenvalue weighted by atomic mass is 10.2. The fourth-order valence-electron chi connectivity index (χ4n) is 2.23. The molecule has 0 radical (unpaired) electrons. The molecule has 0 spiro atoms. The molecule has 27 heavy (non-hydrogen) atoms. The van der Waals surface area contributed by atoms with Crippen LogP contribution in [0.25, 0.3) is 0 Å². The molecule has 0 aliphatic rings. The van der Waals surface area contributed by atoms with E-state index in [0.29, 0.717) is 11.3 Å². The summed E-state index contributed by atoms with van der Waals surface area (Å²) in [6.07, 6.45) is -0.0231. The highest BCUT2D eigenvalue weighted by Gasteiger charge is 2.14. The number of esters is 1. The van der Waals surface area contributed by atoms with E-state index in [-0.39, 0.29) is 30.4 Å². The molecular formula is C19H22N2O5S. The Bertz CT molecular complexity index is 891. The number of carbonyl (C=O) groups is 2. The van der Waals surface area contributed by atoms with Gasteiger partial charge in [-0.25, -0.2) is 17.9 Å². The van der Waals surface area contributed by atoms with E-state index < -0.39 is 16.0 Å². The molecule has 0 bridgehead atoms. The van der Waals surface area contributed by atoms with Crippen LogP contribution < -0.4 is 10.0 Å². The summed E-state index contributed by atoms with van der Waals surface area (Å²) in [5.74, 6) is -0.772. The van der Waals surface area contributed by atoms with Crippen LogP contribution in [0.1, 0.15) is 29.3 Å². The van der Waals surface area contributed by atoms with Gasteiger partial charge in [0.05, 0.1) is 17.1 Å². The normalized spacial score (nSPS) is 11.0. The number of anilines is 1. The fraction of sp³-hybridized carbons (Fsp3) is 0.263. The van der Waals surface area contributed by atoms with Gasteiger partial charge in [0.1, 0.15) is 0 Å². The third-order valence-electron chi connectivity index (χ3n) is 3.66. The Morgan fingerprint density at radius 3 is 2.22 bits per heavy atom. The Morgan fingerprint density at radius 1 is 1.00 bits per heavy atom. The van der Waals surface area contributed by atoms with Crippen molar-refractivity contribution in [2.75, 3.05) is 18.5 Å². The zero-order valence-electron chi connectivity index (χ0n) is 15.2. The van der Waals surface area contributed by atoms with Crippen LogP contribution in [-0.4, -0.2) is 33.4 Å². The Balaban J connectivity index is 1.84. The molecule has 0 aliphatic carbocycles. The Labute approximate surface area is 158 Å². The van der Waals surface area contributed by atoms with Gasteiger partial charge in [-0.2, -0.15) is 0 Å². The molecule has 2 aromatic rings. The van der Waals surface area contributed by atoms with Crippen LogP contribution in [-0.2, 0) is 19.6 Å². The number of ether oxygens (including phenoxy) is 1. The van der Waals surface area contributed by atoms with Crippen LogP contribution in [0.15, 0.2) is 53.4 Å². The number of nitrogens with one attached hydrogen (secondary N) is 2. The van der Waals surface area contributed by atoms with Gasteiger partial charge in [-0.05, 0) is 50.2 Å². The van der Waals surface area contributed by atoms with Gasteiger partial charge in [-0.15, -0.1) is 0 Å². The van der Waals surface area contributed by atoms with Gasteiger partial charge < -0.3 is 10.1 Å². The molecule has 1 amide bonds. The van der Waals surface area contributed by atoms with Crippen molar-refractivity contribution < 1.29 is 22.7 Å². The van der Waals surface area contributed by atoms with Crippen molar-refractivity contribution in [3.05, 3.63) is 59.7 Å².